The number of terminal acetylenes is 1. The summed E-state index contributed by atoms with van der Waals surface area (Å²) in [6, 6.07) is 0.782. The minimum absolute atomic E-state index is 0.782. The van der Waals surface area contributed by atoms with Crippen LogP contribution in [0.2, 0.25) is 0 Å². The van der Waals surface area contributed by atoms with Crippen LogP contribution < -0.4 is 5.32 Å². The molecule has 0 heterocycles. The van der Waals surface area contributed by atoms with Gasteiger partial charge in [0.25, 0.3) is 0 Å². The van der Waals surface area contributed by atoms with Gasteiger partial charge in [0.05, 0.1) is 0 Å². The average Bonchev–Trinajstić information content (AvgIpc) is 2.18. The Morgan fingerprint density at radius 2 is 2.21 bits per heavy atom. The molecular formula is C13H23N. The van der Waals surface area contributed by atoms with Gasteiger partial charge < -0.3 is 5.32 Å². The third kappa shape index (κ3) is 4.67. The second-order valence-electron chi connectivity index (χ2n) is 4.58. The standard InChI is InChI=1S/C13H23N/c1-3-4-5-6-10-14-13-9-7-8-12(2)11-13/h1,12-14H,4-11H2,2H3. The molecule has 80 valence electrons. The molecule has 0 bridgehead atoms. The molecule has 1 aliphatic carbocycles. The average molecular weight is 193 g/mol. The molecule has 1 aliphatic rings. The van der Waals surface area contributed by atoms with E-state index in [2.05, 4.69) is 18.2 Å². The van der Waals surface area contributed by atoms with E-state index < -0.39 is 0 Å². The van der Waals surface area contributed by atoms with Crippen molar-refractivity contribution in [3.05, 3.63) is 0 Å². The van der Waals surface area contributed by atoms with Crippen LogP contribution in [0.5, 0.6) is 0 Å². The van der Waals surface area contributed by atoms with Gasteiger partial charge in [-0.2, -0.15) is 0 Å². The molecule has 0 spiro atoms. The molecule has 1 nitrogen and oxygen atoms in total. The molecule has 1 saturated carbocycles. The summed E-state index contributed by atoms with van der Waals surface area (Å²) in [5, 5.41) is 3.64. The second-order valence-corrected chi connectivity index (χ2v) is 4.58. The molecule has 2 unspecified atom stereocenters. The van der Waals surface area contributed by atoms with E-state index in [4.69, 9.17) is 6.42 Å². The molecule has 14 heavy (non-hydrogen) atoms. The molecule has 0 aromatic rings. The summed E-state index contributed by atoms with van der Waals surface area (Å²) in [7, 11) is 0. The van der Waals surface area contributed by atoms with Gasteiger partial charge in [-0.25, -0.2) is 0 Å². The summed E-state index contributed by atoms with van der Waals surface area (Å²) in [5.74, 6) is 3.61. The molecule has 0 radical (unpaired) electrons. The predicted molar refractivity (Wildman–Crippen MR) is 62.1 cm³/mol. The van der Waals surface area contributed by atoms with E-state index >= 15 is 0 Å². The quantitative estimate of drug-likeness (QED) is 0.523. The van der Waals surface area contributed by atoms with E-state index in [1.54, 1.807) is 0 Å². The van der Waals surface area contributed by atoms with E-state index in [9.17, 15) is 0 Å². The summed E-state index contributed by atoms with van der Waals surface area (Å²) in [6.07, 6.45) is 14.1. The number of hydrogen-bond acceptors (Lipinski definition) is 1. The van der Waals surface area contributed by atoms with Crippen molar-refractivity contribution < 1.29 is 0 Å². The normalized spacial score (nSPS) is 27.1. The zero-order valence-electron chi connectivity index (χ0n) is 9.39. The Morgan fingerprint density at radius 3 is 2.93 bits per heavy atom. The lowest BCUT2D eigenvalue weighted by Gasteiger charge is -2.27. The predicted octanol–water partition coefficient (Wildman–Crippen LogP) is 2.96. The Kier molecular flexibility index (Phi) is 5.71. The van der Waals surface area contributed by atoms with E-state index in [0.717, 1.165) is 24.9 Å². The molecule has 1 heteroatoms. The molecule has 1 N–H and O–H groups in total. The van der Waals surface area contributed by atoms with Gasteiger partial charge in [-0.3, -0.25) is 0 Å². The number of hydrogen-bond donors (Lipinski definition) is 1. The molecule has 0 aromatic heterocycles. The molecule has 0 aromatic carbocycles. The Hall–Kier alpha value is -0.480. The highest BCUT2D eigenvalue weighted by Crippen LogP contribution is 2.23. The molecule has 1 rings (SSSR count). The van der Waals surface area contributed by atoms with Gasteiger partial charge in [0.1, 0.15) is 0 Å². The van der Waals surface area contributed by atoms with Gasteiger partial charge in [-0.05, 0) is 38.1 Å². The molecule has 0 aliphatic heterocycles. The van der Waals surface area contributed by atoms with Crippen molar-refractivity contribution in [3.63, 3.8) is 0 Å². The number of rotatable bonds is 5. The number of nitrogens with one attached hydrogen (secondary N) is 1. The van der Waals surface area contributed by atoms with Crippen molar-refractivity contribution in [3.8, 4) is 12.3 Å². The Morgan fingerprint density at radius 1 is 1.36 bits per heavy atom. The second kappa shape index (κ2) is 6.90. The van der Waals surface area contributed by atoms with Crippen molar-refractivity contribution in [1.82, 2.24) is 5.32 Å². The Labute approximate surface area is 88.7 Å². The van der Waals surface area contributed by atoms with E-state index in [1.165, 1.54) is 38.5 Å². The lowest BCUT2D eigenvalue weighted by Crippen LogP contribution is -2.34. The summed E-state index contributed by atoms with van der Waals surface area (Å²) >= 11 is 0. The summed E-state index contributed by atoms with van der Waals surface area (Å²) in [5.41, 5.74) is 0. The summed E-state index contributed by atoms with van der Waals surface area (Å²) in [6.45, 7) is 3.52. The van der Waals surface area contributed by atoms with E-state index in [0.29, 0.717) is 0 Å². The van der Waals surface area contributed by atoms with Crippen molar-refractivity contribution in [2.45, 2.75) is 57.9 Å². The molecule has 0 saturated heterocycles. The fourth-order valence-electron chi connectivity index (χ4n) is 2.28. The minimum Gasteiger partial charge on any atom is -0.314 e. The van der Waals surface area contributed by atoms with Crippen LogP contribution in [0.4, 0.5) is 0 Å². The summed E-state index contributed by atoms with van der Waals surface area (Å²) in [4.78, 5) is 0. The fourth-order valence-corrected chi connectivity index (χ4v) is 2.28. The highest BCUT2D eigenvalue weighted by Gasteiger charge is 2.17. The van der Waals surface area contributed by atoms with E-state index in [1.807, 2.05) is 0 Å². The highest BCUT2D eigenvalue weighted by atomic mass is 14.9. The van der Waals surface area contributed by atoms with E-state index in [-0.39, 0.29) is 0 Å². The molecule has 2 atom stereocenters. The zero-order valence-corrected chi connectivity index (χ0v) is 9.39. The first-order valence-electron chi connectivity index (χ1n) is 5.99. The topological polar surface area (TPSA) is 12.0 Å². The number of unbranched alkanes of at least 4 members (excludes halogenated alkanes) is 2. The van der Waals surface area contributed by atoms with Crippen molar-refractivity contribution in [1.29, 1.82) is 0 Å². The van der Waals surface area contributed by atoms with Crippen LogP contribution in [-0.2, 0) is 0 Å². The third-order valence-corrected chi connectivity index (χ3v) is 3.12. The summed E-state index contributed by atoms with van der Waals surface area (Å²) < 4.78 is 0. The lowest BCUT2D eigenvalue weighted by atomic mass is 9.87. The van der Waals surface area contributed by atoms with Crippen molar-refractivity contribution in [2.75, 3.05) is 6.54 Å². The third-order valence-electron chi connectivity index (χ3n) is 3.12. The highest BCUT2D eigenvalue weighted by molar-refractivity contribution is 4.83. The van der Waals surface area contributed by atoms with Crippen LogP contribution in [-0.4, -0.2) is 12.6 Å². The first kappa shape index (κ1) is 11.6. The molecule has 1 fully saturated rings. The van der Waals surface area contributed by atoms with Crippen molar-refractivity contribution >= 4 is 0 Å². The minimum atomic E-state index is 0.782. The SMILES string of the molecule is C#CCCCCNC1CCCC(C)C1. The van der Waals surface area contributed by atoms with Crippen LogP contribution in [0.3, 0.4) is 0 Å². The van der Waals surface area contributed by atoms with Crippen LogP contribution >= 0.6 is 0 Å². The molecular weight excluding hydrogens is 170 g/mol. The molecule has 0 amide bonds. The first-order chi connectivity index (χ1) is 6.83. The monoisotopic (exact) mass is 193 g/mol. The maximum atomic E-state index is 5.20. The fraction of sp³-hybridized carbons (Fsp3) is 0.846. The van der Waals surface area contributed by atoms with Gasteiger partial charge in [0, 0.05) is 12.5 Å². The van der Waals surface area contributed by atoms with Crippen molar-refractivity contribution in [2.24, 2.45) is 5.92 Å². The van der Waals surface area contributed by atoms with Crippen LogP contribution in [0.15, 0.2) is 0 Å². The van der Waals surface area contributed by atoms with Gasteiger partial charge in [-0.15, -0.1) is 12.3 Å². The van der Waals surface area contributed by atoms with Gasteiger partial charge in [0.15, 0.2) is 0 Å². The first-order valence-corrected chi connectivity index (χ1v) is 5.99. The Balaban J connectivity index is 1.98. The van der Waals surface area contributed by atoms with Crippen LogP contribution in [0.25, 0.3) is 0 Å². The maximum Gasteiger partial charge on any atom is 0.00865 e. The smallest absolute Gasteiger partial charge is 0.00865 e. The Bertz CT molecular complexity index is 180. The van der Waals surface area contributed by atoms with Gasteiger partial charge >= 0.3 is 0 Å². The van der Waals surface area contributed by atoms with Gasteiger partial charge in [-0.1, -0.05) is 19.8 Å². The van der Waals surface area contributed by atoms with Gasteiger partial charge in [0.2, 0.25) is 0 Å². The van der Waals surface area contributed by atoms with Crippen LogP contribution in [0, 0.1) is 18.3 Å². The zero-order chi connectivity index (χ0) is 10.2. The maximum absolute atomic E-state index is 5.20. The largest absolute Gasteiger partial charge is 0.314 e. The van der Waals surface area contributed by atoms with Crippen LogP contribution in [0.1, 0.15) is 51.9 Å². The lowest BCUT2D eigenvalue weighted by molar-refractivity contribution is 0.301.